The van der Waals surface area contributed by atoms with Gasteiger partial charge in [-0.05, 0) is 27.8 Å². The highest BCUT2D eigenvalue weighted by atomic mass is 15.4. The molecule has 1 saturated heterocycles. The number of hydrogen-bond donors (Lipinski definition) is 2. The van der Waals surface area contributed by atoms with Gasteiger partial charge in [-0.25, -0.2) is 5.84 Å². The van der Waals surface area contributed by atoms with E-state index in [9.17, 15) is 0 Å². The van der Waals surface area contributed by atoms with Crippen molar-refractivity contribution in [1.29, 1.82) is 0 Å². The van der Waals surface area contributed by atoms with E-state index in [4.69, 9.17) is 5.84 Å². The summed E-state index contributed by atoms with van der Waals surface area (Å²) in [4.78, 5) is 20.0. The zero-order valence-electron chi connectivity index (χ0n) is 13.4. The summed E-state index contributed by atoms with van der Waals surface area (Å²) in [5, 5.41) is 0. The van der Waals surface area contributed by atoms with Gasteiger partial charge < -0.3 is 14.7 Å². The molecule has 2 rings (SSSR count). The Balaban J connectivity index is 2.28. The van der Waals surface area contributed by atoms with Gasteiger partial charge in [0.25, 0.3) is 0 Å². The largest absolute Gasteiger partial charge is 0.341 e. The molecule has 1 aliphatic heterocycles. The van der Waals surface area contributed by atoms with Crippen molar-refractivity contribution in [2.45, 2.75) is 26.8 Å². The van der Waals surface area contributed by atoms with Crippen LogP contribution in [0, 0.1) is 0 Å². The predicted octanol–water partition coefficient (Wildman–Crippen LogP) is 0.144. The maximum Gasteiger partial charge on any atom is 0.243 e. The maximum atomic E-state index is 5.50. The monoisotopic (exact) mass is 294 g/mol. The van der Waals surface area contributed by atoms with Crippen LogP contribution in [0.2, 0.25) is 0 Å². The third-order valence-electron chi connectivity index (χ3n) is 4.03. The fourth-order valence-electron chi connectivity index (χ4n) is 2.44. The molecule has 8 nitrogen and oxygen atoms in total. The van der Waals surface area contributed by atoms with Crippen LogP contribution in [0.3, 0.4) is 0 Å². The first-order valence-electron chi connectivity index (χ1n) is 7.51. The summed E-state index contributed by atoms with van der Waals surface area (Å²) in [5.41, 5.74) is 2.54. The van der Waals surface area contributed by atoms with Gasteiger partial charge in [-0.15, -0.1) is 0 Å². The van der Waals surface area contributed by atoms with Gasteiger partial charge in [-0.2, -0.15) is 15.0 Å². The average molecular weight is 294 g/mol. The molecule has 1 atom stereocenters. The molecule has 0 aliphatic carbocycles. The van der Waals surface area contributed by atoms with Gasteiger partial charge in [0.1, 0.15) is 0 Å². The third-order valence-corrected chi connectivity index (χ3v) is 4.03. The Morgan fingerprint density at radius 1 is 1.24 bits per heavy atom. The molecule has 1 unspecified atom stereocenters. The molecule has 1 aliphatic rings. The molecule has 0 radical (unpaired) electrons. The smallest absolute Gasteiger partial charge is 0.243 e. The second-order valence-electron chi connectivity index (χ2n) is 5.35. The molecule has 1 aromatic heterocycles. The van der Waals surface area contributed by atoms with E-state index in [0.717, 1.165) is 32.7 Å². The molecule has 0 bridgehead atoms. The zero-order valence-corrected chi connectivity index (χ0v) is 13.4. The van der Waals surface area contributed by atoms with Crippen LogP contribution in [0.5, 0.6) is 0 Å². The van der Waals surface area contributed by atoms with Gasteiger partial charge in [-0.1, -0.05) is 0 Å². The number of likely N-dealkylation sites (N-methyl/N-ethyl adjacent to an activating group) is 1. The van der Waals surface area contributed by atoms with Gasteiger partial charge >= 0.3 is 0 Å². The minimum Gasteiger partial charge on any atom is -0.341 e. The highest BCUT2D eigenvalue weighted by molar-refractivity contribution is 5.45. The first kappa shape index (κ1) is 15.7. The van der Waals surface area contributed by atoms with Crippen LogP contribution in [0.25, 0.3) is 0 Å². The summed E-state index contributed by atoms with van der Waals surface area (Å²) in [7, 11) is 2.14. The molecule has 3 N–H and O–H groups in total. The lowest BCUT2D eigenvalue weighted by Crippen LogP contribution is -2.50. The predicted molar refractivity (Wildman–Crippen MR) is 85.5 cm³/mol. The van der Waals surface area contributed by atoms with E-state index in [1.807, 2.05) is 0 Å². The highest BCUT2D eigenvalue weighted by Gasteiger charge is 2.24. The fraction of sp³-hybridized carbons (Fsp3) is 0.769. The van der Waals surface area contributed by atoms with Gasteiger partial charge in [0.2, 0.25) is 17.8 Å². The highest BCUT2D eigenvalue weighted by Crippen LogP contribution is 2.19. The molecule has 1 aromatic rings. The Labute approximate surface area is 126 Å². The Morgan fingerprint density at radius 3 is 2.52 bits per heavy atom. The Bertz CT molecular complexity index is 461. The Morgan fingerprint density at radius 2 is 1.95 bits per heavy atom. The molecule has 1 fully saturated rings. The summed E-state index contributed by atoms with van der Waals surface area (Å²) in [6.07, 6.45) is 0. The van der Waals surface area contributed by atoms with Crippen LogP contribution >= 0.6 is 0 Å². The van der Waals surface area contributed by atoms with Crippen LogP contribution in [-0.4, -0.2) is 65.7 Å². The topological polar surface area (TPSA) is 86.4 Å². The van der Waals surface area contributed by atoms with E-state index >= 15 is 0 Å². The van der Waals surface area contributed by atoms with Crippen molar-refractivity contribution < 1.29 is 0 Å². The summed E-state index contributed by atoms with van der Waals surface area (Å²) < 4.78 is 0. The van der Waals surface area contributed by atoms with Crippen LogP contribution in [0.1, 0.15) is 20.8 Å². The van der Waals surface area contributed by atoms with Crippen molar-refractivity contribution in [2.24, 2.45) is 5.84 Å². The fourth-order valence-corrected chi connectivity index (χ4v) is 2.44. The second kappa shape index (κ2) is 6.86. The summed E-state index contributed by atoms with van der Waals surface area (Å²) in [6.45, 7) is 10.9. The van der Waals surface area contributed by atoms with Crippen molar-refractivity contribution in [2.75, 3.05) is 55.0 Å². The third kappa shape index (κ3) is 3.51. The number of nitrogen functional groups attached to an aromatic ring is 1. The number of nitrogens with two attached hydrogens (primary N) is 1. The minimum absolute atomic E-state index is 0.411. The van der Waals surface area contributed by atoms with E-state index in [1.54, 1.807) is 0 Å². The van der Waals surface area contributed by atoms with E-state index in [-0.39, 0.29) is 0 Å². The molecule has 0 amide bonds. The normalized spacial score (nSPS) is 19.7. The average Bonchev–Trinajstić information content (AvgIpc) is 2.51. The molecular formula is C13H26N8. The van der Waals surface area contributed by atoms with Gasteiger partial charge in [0.15, 0.2) is 0 Å². The van der Waals surface area contributed by atoms with Crippen LogP contribution < -0.4 is 21.1 Å². The van der Waals surface area contributed by atoms with Crippen LogP contribution in [0.4, 0.5) is 17.8 Å². The standard InChI is InChI=1S/C13H26N8/c1-5-20(6-2)12-15-11(18-14)16-13(17-12)21-8-7-19(4)10(3)9-21/h10H,5-9,14H2,1-4H3,(H,15,16,17,18). The lowest BCUT2D eigenvalue weighted by Gasteiger charge is -2.37. The molecule has 21 heavy (non-hydrogen) atoms. The quantitative estimate of drug-likeness (QED) is 0.586. The molecule has 2 heterocycles. The summed E-state index contributed by atoms with van der Waals surface area (Å²) in [6, 6.07) is 0.474. The molecule has 0 aromatic carbocycles. The number of anilines is 3. The van der Waals surface area contributed by atoms with E-state index in [1.165, 1.54) is 0 Å². The first-order valence-corrected chi connectivity index (χ1v) is 7.51. The number of nitrogens with zero attached hydrogens (tertiary/aromatic N) is 6. The van der Waals surface area contributed by atoms with Crippen molar-refractivity contribution >= 4 is 17.8 Å². The number of aromatic nitrogens is 3. The van der Waals surface area contributed by atoms with Crippen molar-refractivity contribution in [1.82, 2.24) is 19.9 Å². The van der Waals surface area contributed by atoms with Crippen LogP contribution in [-0.2, 0) is 0 Å². The van der Waals surface area contributed by atoms with Crippen molar-refractivity contribution in [3.05, 3.63) is 0 Å². The van der Waals surface area contributed by atoms with E-state index < -0.39 is 0 Å². The van der Waals surface area contributed by atoms with Gasteiger partial charge in [0, 0.05) is 38.8 Å². The summed E-state index contributed by atoms with van der Waals surface area (Å²) in [5.74, 6) is 7.28. The van der Waals surface area contributed by atoms with Crippen LogP contribution in [0.15, 0.2) is 0 Å². The van der Waals surface area contributed by atoms with Crippen molar-refractivity contribution in [3.8, 4) is 0 Å². The van der Waals surface area contributed by atoms with Gasteiger partial charge in [-0.3, -0.25) is 5.43 Å². The summed E-state index contributed by atoms with van der Waals surface area (Å²) >= 11 is 0. The van der Waals surface area contributed by atoms with E-state index in [0.29, 0.717) is 23.9 Å². The molecule has 8 heteroatoms. The number of hydrogen-bond acceptors (Lipinski definition) is 8. The number of rotatable bonds is 5. The molecule has 0 saturated carbocycles. The first-order chi connectivity index (χ1) is 10.1. The number of piperazine rings is 1. The Hall–Kier alpha value is -1.67. The maximum absolute atomic E-state index is 5.50. The van der Waals surface area contributed by atoms with Gasteiger partial charge in [0.05, 0.1) is 0 Å². The SMILES string of the molecule is CCN(CC)c1nc(NN)nc(N2CCN(C)C(C)C2)n1. The zero-order chi connectivity index (χ0) is 15.4. The lowest BCUT2D eigenvalue weighted by atomic mass is 10.2. The Kier molecular flexibility index (Phi) is 5.13. The number of hydrazine groups is 1. The molecular weight excluding hydrogens is 268 g/mol. The minimum atomic E-state index is 0.411. The molecule has 118 valence electrons. The molecule has 0 spiro atoms. The second-order valence-corrected chi connectivity index (χ2v) is 5.35. The van der Waals surface area contributed by atoms with Crippen molar-refractivity contribution in [3.63, 3.8) is 0 Å². The number of nitrogens with one attached hydrogen (secondary N) is 1. The van der Waals surface area contributed by atoms with E-state index in [2.05, 4.69) is 62.9 Å². The lowest BCUT2D eigenvalue weighted by molar-refractivity contribution is 0.233.